The second-order valence-electron chi connectivity index (χ2n) is 5.27. The van der Waals surface area contributed by atoms with Crippen LogP contribution in [0.4, 0.5) is 13.2 Å². The van der Waals surface area contributed by atoms with Crippen molar-refractivity contribution in [3.8, 4) is 5.75 Å². The number of cyclic esters (lactones) is 1. The molecule has 3 rings (SSSR count). The van der Waals surface area contributed by atoms with Crippen molar-refractivity contribution >= 4 is 29.5 Å². The number of nitrogens with zero attached hydrogens (tertiary/aromatic N) is 1. The number of methoxy groups -OCH3 is 1. The third-order valence-electron chi connectivity index (χ3n) is 3.57. The van der Waals surface area contributed by atoms with Gasteiger partial charge in [0.15, 0.2) is 5.70 Å². The molecule has 0 fully saturated rings. The molecule has 0 unspecified atom stereocenters. The molecule has 0 bridgehead atoms. The second-order valence-corrected chi connectivity index (χ2v) is 5.70. The van der Waals surface area contributed by atoms with Crippen LogP contribution in [0.3, 0.4) is 0 Å². The molecule has 0 spiro atoms. The van der Waals surface area contributed by atoms with Gasteiger partial charge in [0.2, 0.25) is 5.90 Å². The van der Waals surface area contributed by atoms with Crippen LogP contribution >= 0.6 is 11.6 Å². The molecule has 0 aromatic heterocycles. The number of rotatable bonds is 3. The number of carbonyl (C=O) groups excluding carboxylic acids is 1. The van der Waals surface area contributed by atoms with Crippen molar-refractivity contribution in [3.63, 3.8) is 0 Å². The van der Waals surface area contributed by atoms with Crippen LogP contribution in [-0.2, 0) is 15.7 Å². The number of hydrogen-bond donors (Lipinski definition) is 0. The average Bonchev–Trinajstić information content (AvgIpc) is 2.95. The summed E-state index contributed by atoms with van der Waals surface area (Å²) in [6.07, 6.45) is -3.52. The summed E-state index contributed by atoms with van der Waals surface area (Å²) in [6, 6.07) is 9.51. The number of ether oxygens (including phenoxy) is 2. The van der Waals surface area contributed by atoms with E-state index in [0.29, 0.717) is 16.3 Å². The first-order valence-electron chi connectivity index (χ1n) is 7.32. The van der Waals surface area contributed by atoms with Crippen LogP contribution in [0, 0.1) is 0 Å². The summed E-state index contributed by atoms with van der Waals surface area (Å²) in [7, 11) is 1.42. The zero-order valence-corrected chi connectivity index (χ0v) is 14.1. The van der Waals surface area contributed by atoms with Gasteiger partial charge in [-0.05, 0) is 35.9 Å². The number of hydrogen-bond acceptors (Lipinski definition) is 4. The third-order valence-corrected chi connectivity index (χ3v) is 3.81. The van der Waals surface area contributed by atoms with E-state index in [4.69, 9.17) is 21.1 Å². The number of esters is 1. The molecule has 2 aromatic rings. The van der Waals surface area contributed by atoms with E-state index in [-0.39, 0.29) is 17.2 Å². The van der Waals surface area contributed by atoms with E-state index in [0.717, 1.165) is 12.1 Å². The Bertz CT molecular complexity index is 936. The Kier molecular flexibility index (Phi) is 4.73. The zero-order valence-electron chi connectivity index (χ0n) is 13.3. The van der Waals surface area contributed by atoms with Crippen LogP contribution in [0.2, 0.25) is 5.02 Å². The second kappa shape index (κ2) is 6.84. The molecular weight excluding hydrogens is 371 g/mol. The first kappa shape index (κ1) is 18.0. The van der Waals surface area contributed by atoms with E-state index < -0.39 is 17.7 Å². The molecule has 1 aliphatic rings. The Morgan fingerprint density at radius 1 is 1.19 bits per heavy atom. The zero-order chi connectivity index (χ0) is 18.9. The Balaban J connectivity index is 2.05. The van der Waals surface area contributed by atoms with Crippen molar-refractivity contribution in [1.29, 1.82) is 0 Å². The van der Waals surface area contributed by atoms with Crippen molar-refractivity contribution in [2.24, 2.45) is 4.99 Å². The van der Waals surface area contributed by atoms with Crippen molar-refractivity contribution in [2.45, 2.75) is 6.18 Å². The highest BCUT2D eigenvalue weighted by molar-refractivity contribution is 6.31. The average molecular weight is 382 g/mol. The van der Waals surface area contributed by atoms with Gasteiger partial charge in [-0.3, -0.25) is 0 Å². The van der Waals surface area contributed by atoms with Gasteiger partial charge in [-0.25, -0.2) is 9.79 Å². The molecule has 0 saturated heterocycles. The molecule has 1 aliphatic heterocycles. The van der Waals surface area contributed by atoms with Gasteiger partial charge >= 0.3 is 12.1 Å². The lowest BCUT2D eigenvalue weighted by Crippen LogP contribution is -2.08. The van der Waals surface area contributed by atoms with E-state index >= 15 is 0 Å². The van der Waals surface area contributed by atoms with E-state index in [1.807, 2.05) is 0 Å². The summed E-state index contributed by atoms with van der Waals surface area (Å²) >= 11 is 5.94. The molecule has 0 aliphatic carbocycles. The summed E-state index contributed by atoms with van der Waals surface area (Å²) in [5.74, 6) is -0.595. The maximum atomic E-state index is 13.1. The fraction of sp³-hybridized carbons (Fsp3) is 0.111. The molecule has 0 amide bonds. The van der Waals surface area contributed by atoms with Crippen molar-refractivity contribution in [3.05, 3.63) is 69.9 Å². The fourth-order valence-electron chi connectivity index (χ4n) is 2.40. The topological polar surface area (TPSA) is 47.9 Å². The minimum atomic E-state index is -4.56. The minimum absolute atomic E-state index is 0.0925. The first-order chi connectivity index (χ1) is 12.3. The Labute approximate surface area is 151 Å². The van der Waals surface area contributed by atoms with Crippen LogP contribution in [0.15, 0.2) is 53.2 Å². The standard InChI is InChI=1S/C18H11ClF3NO3/c1-25-15-7-6-11(19)9-12(15)16-23-14(17(24)26-16)8-10-4-2-3-5-13(10)18(20,21)22/h2-9H,1H3/b14-8-. The predicted octanol–water partition coefficient (Wildman–Crippen LogP) is 4.71. The molecule has 8 heteroatoms. The minimum Gasteiger partial charge on any atom is -0.496 e. The highest BCUT2D eigenvalue weighted by Gasteiger charge is 2.33. The first-order valence-corrected chi connectivity index (χ1v) is 7.70. The van der Waals surface area contributed by atoms with Crippen LogP contribution in [0.5, 0.6) is 5.75 Å². The lowest BCUT2D eigenvalue weighted by molar-refractivity contribution is -0.137. The molecule has 134 valence electrons. The Morgan fingerprint density at radius 2 is 1.92 bits per heavy atom. The van der Waals surface area contributed by atoms with Gasteiger partial charge in [0.25, 0.3) is 0 Å². The van der Waals surface area contributed by atoms with E-state index in [9.17, 15) is 18.0 Å². The van der Waals surface area contributed by atoms with Gasteiger partial charge in [-0.2, -0.15) is 13.2 Å². The quantitative estimate of drug-likeness (QED) is 0.571. The maximum Gasteiger partial charge on any atom is 0.416 e. The highest BCUT2D eigenvalue weighted by Crippen LogP contribution is 2.34. The number of aliphatic imine (C=N–C) groups is 1. The largest absolute Gasteiger partial charge is 0.496 e. The van der Waals surface area contributed by atoms with Crippen LogP contribution in [0.1, 0.15) is 16.7 Å². The number of alkyl halides is 3. The lowest BCUT2D eigenvalue weighted by Gasteiger charge is -2.09. The maximum absolute atomic E-state index is 13.1. The van der Waals surface area contributed by atoms with Crippen molar-refractivity contribution in [1.82, 2.24) is 0 Å². The van der Waals surface area contributed by atoms with Crippen LogP contribution < -0.4 is 4.74 Å². The molecule has 4 nitrogen and oxygen atoms in total. The molecular formula is C18H11ClF3NO3. The number of carbonyl (C=O) groups is 1. The Hall–Kier alpha value is -2.80. The van der Waals surface area contributed by atoms with Crippen LogP contribution in [0.25, 0.3) is 6.08 Å². The molecule has 26 heavy (non-hydrogen) atoms. The van der Waals surface area contributed by atoms with Gasteiger partial charge in [0.05, 0.1) is 18.2 Å². The lowest BCUT2D eigenvalue weighted by atomic mass is 10.1. The summed E-state index contributed by atoms with van der Waals surface area (Å²) in [6.45, 7) is 0. The van der Waals surface area contributed by atoms with E-state index in [1.165, 1.54) is 31.4 Å². The summed E-state index contributed by atoms with van der Waals surface area (Å²) < 4.78 is 49.5. The van der Waals surface area contributed by atoms with E-state index in [1.54, 1.807) is 12.1 Å². The smallest absolute Gasteiger partial charge is 0.416 e. The van der Waals surface area contributed by atoms with Gasteiger partial charge < -0.3 is 9.47 Å². The van der Waals surface area contributed by atoms with Gasteiger partial charge in [0, 0.05) is 5.02 Å². The third kappa shape index (κ3) is 3.57. The van der Waals surface area contributed by atoms with Gasteiger partial charge in [-0.15, -0.1) is 0 Å². The summed E-state index contributed by atoms with van der Waals surface area (Å²) in [5.41, 5.74) is -0.987. The molecule has 0 atom stereocenters. The summed E-state index contributed by atoms with van der Waals surface area (Å²) in [5, 5.41) is 0.361. The normalized spacial score (nSPS) is 15.8. The van der Waals surface area contributed by atoms with Crippen molar-refractivity contribution in [2.75, 3.05) is 7.11 Å². The number of benzene rings is 2. The monoisotopic (exact) mass is 381 g/mol. The SMILES string of the molecule is COc1ccc(Cl)cc1C1=N/C(=C\c2ccccc2C(F)(F)F)C(=O)O1. The molecule has 0 saturated carbocycles. The van der Waals surface area contributed by atoms with Gasteiger partial charge in [0.1, 0.15) is 5.75 Å². The highest BCUT2D eigenvalue weighted by atomic mass is 35.5. The van der Waals surface area contributed by atoms with E-state index in [2.05, 4.69) is 4.99 Å². The Morgan fingerprint density at radius 3 is 2.62 bits per heavy atom. The molecule has 2 aromatic carbocycles. The van der Waals surface area contributed by atoms with Crippen LogP contribution in [-0.4, -0.2) is 19.0 Å². The fourth-order valence-corrected chi connectivity index (χ4v) is 2.57. The molecule has 1 heterocycles. The van der Waals surface area contributed by atoms with Crippen molar-refractivity contribution < 1.29 is 27.4 Å². The predicted molar refractivity (Wildman–Crippen MR) is 90.1 cm³/mol. The molecule has 0 N–H and O–H groups in total. The number of halogens is 4. The molecule has 0 radical (unpaired) electrons. The van der Waals surface area contributed by atoms with Gasteiger partial charge in [-0.1, -0.05) is 29.8 Å². The summed E-state index contributed by atoms with van der Waals surface area (Å²) in [4.78, 5) is 16.1.